The molecule has 0 aliphatic carbocycles. The van der Waals surface area contributed by atoms with Crippen molar-refractivity contribution >= 4 is 21.6 Å². The van der Waals surface area contributed by atoms with Gasteiger partial charge in [0.1, 0.15) is 0 Å². The SMILES string of the molecule is CCCC(=O)N(c1ccc(CC)cc1)S(=O)(=O)c1ccccc1. The molecule has 0 fully saturated rings. The molecule has 0 atom stereocenters. The Labute approximate surface area is 137 Å². The van der Waals surface area contributed by atoms with E-state index >= 15 is 0 Å². The van der Waals surface area contributed by atoms with Gasteiger partial charge in [-0.1, -0.05) is 44.2 Å². The zero-order valence-corrected chi connectivity index (χ0v) is 14.2. The summed E-state index contributed by atoms with van der Waals surface area (Å²) in [4.78, 5) is 12.6. The smallest absolute Gasteiger partial charge is 0.270 e. The fourth-order valence-corrected chi connectivity index (χ4v) is 3.77. The average molecular weight is 331 g/mol. The van der Waals surface area contributed by atoms with Gasteiger partial charge in [0.15, 0.2) is 0 Å². The topological polar surface area (TPSA) is 54.5 Å². The highest BCUT2D eigenvalue weighted by atomic mass is 32.2. The summed E-state index contributed by atoms with van der Waals surface area (Å²) in [5.41, 5.74) is 1.47. The molecule has 0 spiro atoms. The van der Waals surface area contributed by atoms with Crippen LogP contribution in [0.4, 0.5) is 5.69 Å². The van der Waals surface area contributed by atoms with Crippen LogP contribution in [0.1, 0.15) is 32.3 Å². The molecule has 0 N–H and O–H groups in total. The maximum absolute atomic E-state index is 12.9. The summed E-state index contributed by atoms with van der Waals surface area (Å²) in [6, 6.07) is 15.1. The third-order valence-corrected chi connectivity index (χ3v) is 5.31. The molecule has 2 rings (SSSR count). The van der Waals surface area contributed by atoms with Crippen LogP contribution in [-0.2, 0) is 21.2 Å². The fraction of sp³-hybridized carbons (Fsp3) is 0.278. The lowest BCUT2D eigenvalue weighted by Crippen LogP contribution is -2.36. The minimum atomic E-state index is -3.91. The molecule has 0 aromatic heterocycles. The second-order valence-corrected chi connectivity index (χ2v) is 7.03. The van der Waals surface area contributed by atoms with E-state index in [9.17, 15) is 13.2 Å². The predicted molar refractivity (Wildman–Crippen MR) is 91.8 cm³/mol. The third-order valence-electron chi connectivity index (χ3n) is 3.55. The first-order valence-corrected chi connectivity index (χ1v) is 9.16. The van der Waals surface area contributed by atoms with Crippen molar-refractivity contribution in [3.8, 4) is 0 Å². The van der Waals surface area contributed by atoms with Gasteiger partial charge in [-0.15, -0.1) is 0 Å². The van der Waals surface area contributed by atoms with Crippen LogP contribution in [0.3, 0.4) is 0 Å². The van der Waals surface area contributed by atoms with Gasteiger partial charge in [-0.05, 0) is 42.7 Å². The van der Waals surface area contributed by atoms with Gasteiger partial charge in [0.2, 0.25) is 5.91 Å². The molecular weight excluding hydrogens is 310 g/mol. The highest BCUT2D eigenvalue weighted by molar-refractivity contribution is 7.93. The maximum Gasteiger partial charge on any atom is 0.270 e. The van der Waals surface area contributed by atoms with Gasteiger partial charge in [-0.2, -0.15) is 0 Å². The Bertz CT molecular complexity index is 753. The average Bonchev–Trinajstić information content (AvgIpc) is 2.56. The number of amides is 1. The van der Waals surface area contributed by atoms with Crippen molar-refractivity contribution in [1.29, 1.82) is 0 Å². The Balaban J connectivity index is 2.51. The van der Waals surface area contributed by atoms with E-state index in [0.717, 1.165) is 16.3 Å². The van der Waals surface area contributed by atoms with Crippen LogP contribution in [0.25, 0.3) is 0 Å². The summed E-state index contributed by atoms with van der Waals surface area (Å²) in [6.45, 7) is 3.88. The molecule has 122 valence electrons. The highest BCUT2D eigenvalue weighted by Crippen LogP contribution is 2.25. The molecule has 0 saturated carbocycles. The number of rotatable bonds is 6. The molecule has 4 nitrogen and oxygen atoms in total. The molecule has 0 saturated heterocycles. The summed E-state index contributed by atoms with van der Waals surface area (Å²) in [6.07, 6.45) is 1.63. The monoisotopic (exact) mass is 331 g/mol. The van der Waals surface area contributed by atoms with Gasteiger partial charge >= 0.3 is 0 Å². The van der Waals surface area contributed by atoms with Gasteiger partial charge in [0, 0.05) is 6.42 Å². The number of nitrogens with zero attached hydrogens (tertiary/aromatic N) is 1. The number of benzene rings is 2. The lowest BCUT2D eigenvalue weighted by atomic mass is 10.1. The molecule has 0 unspecified atom stereocenters. The van der Waals surface area contributed by atoms with Crippen molar-refractivity contribution in [2.45, 2.75) is 38.0 Å². The summed E-state index contributed by atoms with van der Waals surface area (Å²) < 4.78 is 26.7. The summed E-state index contributed by atoms with van der Waals surface area (Å²) in [7, 11) is -3.91. The third kappa shape index (κ3) is 3.79. The van der Waals surface area contributed by atoms with E-state index < -0.39 is 15.9 Å². The van der Waals surface area contributed by atoms with Crippen molar-refractivity contribution in [2.24, 2.45) is 0 Å². The normalized spacial score (nSPS) is 11.2. The van der Waals surface area contributed by atoms with Gasteiger partial charge < -0.3 is 0 Å². The predicted octanol–water partition coefficient (Wildman–Crippen LogP) is 3.77. The quantitative estimate of drug-likeness (QED) is 0.809. The van der Waals surface area contributed by atoms with Crippen LogP contribution in [0, 0.1) is 0 Å². The first kappa shape index (κ1) is 17.2. The molecular formula is C18H21NO3S. The van der Waals surface area contributed by atoms with Crippen molar-refractivity contribution in [1.82, 2.24) is 0 Å². The van der Waals surface area contributed by atoms with Crippen LogP contribution in [0.5, 0.6) is 0 Å². The first-order chi connectivity index (χ1) is 11.0. The van der Waals surface area contributed by atoms with E-state index in [2.05, 4.69) is 0 Å². The van der Waals surface area contributed by atoms with Gasteiger partial charge in [0.25, 0.3) is 10.0 Å². The Kier molecular flexibility index (Phi) is 5.55. The van der Waals surface area contributed by atoms with Crippen LogP contribution >= 0.6 is 0 Å². The molecule has 1 amide bonds. The number of aryl methyl sites for hydroxylation is 1. The minimum Gasteiger partial charge on any atom is -0.273 e. The molecule has 23 heavy (non-hydrogen) atoms. The largest absolute Gasteiger partial charge is 0.273 e. The first-order valence-electron chi connectivity index (χ1n) is 7.72. The van der Waals surface area contributed by atoms with E-state index in [-0.39, 0.29) is 11.3 Å². The lowest BCUT2D eigenvalue weighted by molar-refractivity contribution is -0.117. The van der Waals surface area contributed by atoms with Crippen LogP contribution < -0.4 is 4.31 Å². The van der Waals surface area contributed by atoms with Crippen molar-refractivity contribution in [3.63, 3.8) is 0 Å². The lowest BCUT2D eigenvalue weighted by Gasteiger charge is -2.22. The highest BCUT2D eigenvalue weighted by Gasteiger charge is 2.30. The Morgan fingerprint density at radius 1 is 0.957 bits per heavy atom. The zero-order chi connectivity index (χ0) is 16.9. The van der Waals surface area contributed by atoms with E-state index in [4.69, 9.17) is 0 Å². The molecule has 5 heteroatoms. The molecule has 0 bridgehead atoms. The molecule has 0 aliphatic heterocycles. The van der Waals surface area contributed by atoms with Gasteiger partial charge in [0.05, 0.1) is 10.6 Å². The number of carbonyl (C=O) groups is 1. The zero-order valence-electron chi connectivity index (χ0n) is 13.4. The standard InChI is InChI=1S/C18H21NO3S/c1-3-8-18(20)19(16-13-11-15(4-2)12-14-16)23(21,22)17-9-6-5-7-10-17/h5-7,9-14H,3-4,8H2,1-2H3. The van der Waals surface area contributed by atoms with Crippen molar-refractivity contribution in [3.05, 3.63) is 60.2 Å². The van der Waals surface area contributed by atoms with E-state index in [1.54, 1.807) is 30.3 Å². The molecule has 0 aliphatic rings. The van der Waals surface area contributed by atoms with E-state index in [0.29, 0.717) is 12.1 Å². The van der Waals surface area contributed by atoms with Gasteiger partial charge in [-0.25, -0.2) is 12.7 Å². The van der Waals surface area contributed by atoms with Gasteiger partial charge in [-0.3, -0.25) is 4.79 Å². The minimum absolute atomic E-state index is 0.115. The molecule has 0 radical (unpaired) electrons. The molecule has 2 aromatic carbocycles. The van der Waals surface area contributed by atoms with Crippen LogP contribution in [0.2, 0.25) is 0 Å². The molecule has 0 heterocycles. The van der Waals surface area contributed by atoms with E-state index in [1.807, 2.05) is 26.0 Å². The Morgan fingerprint density at radius 3 is 2.09 bits per heavy atom. The summed E-state index contributed by atoms with van der Waals surface area (Å²) in [5.74, 6) is -0.416. The second kappa shape index (κ2) is 7.42. The van der Waals surface area contributed by atoms with Crippen LogP contribution in [0.15, 0.2) is 59.5 Å². The Hall–Kier alpha value is -2.14. The van der Waals surface area contributed by atoms with Crippen LogP contribution in [-0.4, -0.2) is 14.3 Å². The Morgan fingerprint density at radius 2 is 1.57 bits per heavy atom. The maximum atomic E-state index is 12.9. The fourth-order valence-electron chi connectivity index (χ4n) is 2.30. The number of hydrogen-bond donors (Lipinski definition) is 0. The summed E-state index contributed by atoms with van der Waals surface area (Å²) in [5, 5.41) is 0. The number of carbonyl (C=O) groups excluding carboxylic acids is 1. The number of sulfonamides is 1. The molecule has 2 aromatic rings. The number of anilines is 1. The second-order valence-electron chi connectivity index (χ2n) is 5.25. The number of hydrogen-bond acceptors (Lipinski definition) is 3. The van der Waals surface area contributed by atoms with E-state index in [1.165, 1.54) is 12.1 Å². The van der Waals surface area contributed by atoms with Crippen molar-refractivity contribution < 1.29 is 13.2 Å². The summed E-state index contributed by atoms with van der Waals surface area (Å²) >= 11 is 0. The van der Waals surface area contributed by atoms with Crippen molar-refractivity contribution in [2.75, 3.05) is 4.31 Å².